The van der Waals surface area contributed by atoms with E-state index in [0.29, 0.717) is 5.56 Å². The monoisotopic (exact) mass is 318 g/mol. The van der Waals surface area contributed by atoms with Crippen LogP contribution in [0, 0.1) is 16.0 Å². The zero-order valence-corrected chi connectivity index (χ0v) is 12.6. The zero-order chi connectivity index (χ0) is 16.7. The molecule has 1 saturated carbocycles. The third-order valence-corrected chi connectivity index (χ3v) is 3.72. The Balaban J connectivity index is 1.79. The van der Waals surface area contributed by atoms with Gasteiger partial charge in [-0.05, 0) is 36.6 Å². The number of amides is 1. The molecule has 7 heteroatoms. The maximum Gasteiger partial charge on any atom is 0.335 e. The molecule has 0 atom stereocenters. The highest BCUT2D eigenvalue weighted by molar-refractivity contribution is 5.91. The van der Waals surface area contributed by atoms with Crippen LogP contribution in [0.15, 0.2) is 30.3 Å². The average molecular weight is 318 g/mol. The van der Waals surface area contributed by atoms with Crippen LogP contribution in [0.5, 0.6) is 0 Å². The van der Waals surface area contributed by atoms with E-state index in [9.17, 15) is 19.7 Å². The standard InChI is InChI=1S/C16H18N2O5/c19-15(17-23-16(20)13-4-2-1-3-5-13)11-8-12-6-9-14(10-7-12)18(21)22/h6-11,13H,1-5H2,(H,17,19). The van der Waals surface area contributed by atoms with Crippen LogP contribution >= 0.6 is 0 Å². The van der Waals surface area contributed by atoms with Gasteiger partial charge in [0.05, 0.1) is 10.8 Å². The lowest BCUT2D eigenvalue weighted by Gasteiger charge is -2.19. The minimum absolute atomic E-state index is 0.0204. The molecule has 1 aliphatic carbocycles. The second kappa shape index (κ2) is 8.07. The van der Waals surface area contributed by atoms with E-state index in [4.69, 9.17) is 4.84 Å². The summed E-state index contributed by atoms with van der Waals surface area (Å²) in [4.78, 5) is 38.2. The number of benzene rings is 1. The van der Waals surface area contributed by atoms with Crippen LogP contribution in [-0.2, 0) is 14.4 Å². The Morgan fingerprint density at radius 3 is 2.43 bits per heavy atom. The van der Waals surface area contributed by atoms with Crippen molar-refractivity contribution < 1.29 is 19.3 Å². The minimum atomic E-state index is -0.562. The predicted octanol–water partition coefficient (Wildman–Crippen LogP) is 2.76. The topological polar surface area (TPSA) is 98.5 Å². The van der Waals surface area contributed by atoms with Crippen molar-refractivity contribution in [2.75, 3.05) is 0 Å². The van der Waals surface area contributed by atoms with E-state index in [2.05, 4.69) is 5.48 Å². The highest BCUT2D eigenvalue weighted by atomic mass is 16.7. The lowest BCUT2D eigenvalue weighted by Crippen LogP contribution is -2.30. The SMILES string of the molecule is O=C(C=Cc1ccc([N+](=O)[O-])cc1)NOC(=O)C1CCCCC1. The Morgan fingerprint density at radius 2 is 1.83 bits per heavy atom. The highest BCUT2D eigenvalue weighted by Gasteiger charge is 2.23. The zero-order valence-electron chi connectivity index (χ0n) is 12.6. The fourth-order valence-electron chi connectivity index (χ4n) is 2.44. The summed E-state index contributed by atoms with van der Waals surface area (Å²) in [6.07, 6.45) is 7.43. The first-order valence-corrected chi connectivity index (χ1v) is 7.49. The molecule has 1 aliphatic rings. The van der Waals surface area contributed by atoms with Crippen molar-refractivity contribution in [2.24, 2.45) is 5.92 Å². The first-order valence-electron chi connectivity index (χ1n) is 7.49. The third-order valence-electron chi connectivity index (χ3n) is 3.72. The smallest absolute Gasteiger partial charge is 0.335 e. The first-order chi connectivity index (χ1) is 11.1. The maximum atomic E-state index is 11.8. The lowest BCUT2D eigenvalue weighted by atomic mass is 9.89. The van der Waals surface area contributed by atoms with Crippen molar-refractivity contribution in [1.82, 2.24) is 5.48 Å². The van der Waals surface area contributed by atoms with Gasteiger partial charge >= 0.3 is 5.97 Å². The van der Waals surface area contributed by atoms with Gasteiger partial charge in [0.2, 0.25) is 0 Å². The number of hydrogen-bond acceptors (Lipinski definition) is 5. The van der Waals surface area contributed by atoms with Gasteiger partial charge in [-0.1, -0.05) is 19.3 Å². The molecular formula is C16H18N2O5. The number of nitrogens with one attached hydrogen (secondary N) is 1. The molecular weight excluding hydrogens is 300 g/mol. The molecule has 0 radical (unpaired) electrons. The van der Waals surface area contributed by atoms with E-state index in [1.807, 2.05) is 0 Å². The van der Waals surface area contributed by atoms with Crippen molar-refractivity contribution in [3.05, 3.63) is 46.0 Å². The summed E-state index contributed by atoms with van der Waals surface area (Å²) in [5.41, 5.74) is 2.70. The van der Waals surface area contributed by atoms with Gasteiger partial charge in [-0.2, -0.15) is 5.48 Å². The highest BCUT2D eigenvalue weighted by Crippen LogP contribution is 2.24. The largest absolute Gasteiger partial charge is 0.340 e. The molecule has 0 bridgehead atoms. The van der Waals surface area contributed by atoms with Gasteiger partial charge in [-0.15, -0.1) is 0 Å². The van der Waals surface area contributed by atoms with Crippen LogP contribution in [0.1, 0.15) is 37.7 Å². The number of nitro groups is 1. The van der Waals surface area contributed by atoms with Crippen molar-refractivity contribution in [2.45, 2.75) is 32.1 Å². The van der Waals surface area contributed by atoms with Gasteiger partial charge in [0, 0.05) is 18.2 Å². The summed E-state index contributed by atoms with van der Waals surface area (Å²) < 4.78 is 0. The Hall–Kier alpha value is -2.70. The molecule has 0 saturated heterocycles. The normalized spacial score (nSPS) is 15.3. The van der Waals surface area contributed by atoms with E-state index >= 15 is 0 Å². The molecule has 1 N–H and O–H groups in total. The van der Waals surface area contributed by atoms with E-state index in [-0.39, 0.29) is 11.6 Å². The van der Waals surface area contributed by atoms with Gasteiger partial charge < -0.3 is 4.84 Å². The van der Waals surface area contributed by atoms with Gasteiger partial charge in [-0.3, -0.25) is 14.9 Å². The van der Waals surface area contributed by atoms with Crippen LogP contribution in [0.3, 0.4) is 0 Å². The third kappa shape index (κ3) is 5.21. The molecule has 0 aliphatic heterocycles. The fourth-order valence-corrected chi connectivity index (χ4v) is 2.44. The lowest BCUT2D eigenvalue weighted by molar-refractivity contribution is -0.384. The van der Waals surface area contributed by atoms with Crippen LogP contribution in [0.25, 0.3) is 6.08 Å². The van der Waals surface area contributed by atoms with Crippen LogP contribution in [0.2, 0.25) is 0 Å². The van der Waals surface area contributed by atoms with Crippen LogP contribution in [-0.4, -0.2) is 16.8 Å². The number of non-ortho nitro benzene ring substituents is 1. The average Bonchev–Trinajstić information content (AvgIpc) is 2.59. The second-order valence-corrected chi connectivity index (χ2v) is 5.40. The molecule has 23 heavy (non-hydrogen) atoms. The molecule has 1 fully saturated rings. The minimum Gasteiger partial charge on any atom is -0.340 e. The van der Waals surface area contributed by atoms with Crippen molar-refractivity contribution in [3.63, 3.8) is 0 Å². The molecule has 0 heterocycles. The Labute approximate surface area is 133 Å². The molecule has 0 aromatic heterocycles. The van der Waals surface area contributed by atoms with E-state index in [0.717, 1.165) is 32.1 Å². The van der Waals surface area contributed by atoms with E-state index in [1.165, 1.54) is 36.4 Å². The van der Waals surface area contributed by atoms with Crippen molar-refractivity contribution in [3.8, 4) is 0 Å². The molecule has 1 aromatic rings. The molecule has 1 aromatic carbocycles. The van der Waals surface area contributed by atoms with E-state index in [1.54, 1.807) is 0 Å². The first kappa shape index (κ1) is 16.7. The van der Waals surface area contributed by atoms with Gasteiger partial charge in [0.25, 0.3) is 11.6 Å². The number of carbonyl (C=O) groups excluding carboxylic acids is 2. The van der Waals surface area contributed by atoms with Crippen LogP contribution in [0.4, 0.5) is 5.69 Å². The Kier molecular flexibility index (Phi) is 5.85. The number of nitro benzene ring substituents is 1. The van der Waals surface area contributed by atoms with Crippen LogP contribution < -0.4 is 5.48 Å². The summed E-state index contributed by atoms with van der Waals surface area (Å²) in [7, 11) is 0. The van der Waals surface area contributed by atoms with Gasteiger partial charge in [0.1, 0.15) is 0 Å². The van der Waals surface area contributed by atoms with Crippen molar-refractivity contribution >= 4 is 23.6 Å². The number of rotatable bonds is 4. The number of hydroxylamine groups is 1. The van der Waals surface area contributed by atoms with Crippen molar-refractivity contribution in [1.29, 1.82) is 0 Å². The Morgan fingerprint density at radius 1 is 1.17 bits per heavy atom. The molecule has 0 unspecified atom stereocenters. The summed E-state index contributed by atoms with van der Waals surface area (Å²) >= 11 is 0. The molecule has 0 spiro atoms. The summed E-state index contributed by atoms with van der Waals surface area (Å²) in [6, 6.07) is 5.74. The Bertz CT molecular complexity index is 603. The van der Waals surface area contributed by atoms with E-state index < -0.39 is 16.8 Å². The summed E-state index contributed by atoms with van der Waals surface area (Å²) in [5.74, 6) is -1.10. The summed E-state index contributed by atoms with van der Waals surface area (Å²) in [5, 5.41) is 10.5. The number of nitrogens with zero attached hydrogens (tertiary/aromatic N) is 1. The molecule has 2 rings (SSSR count). The molecule has 122 valence electrons. The van der Waals surface area contributed by atoms with Gasteiger partial charge in [0.15, 0.2) is 0 Å². The summed E-state index contributed by atoms with van der Waals surface area (Å²) in [6.45, 7) is 0. The molecule has 1 amide bonds. The maximum absolute atomic E-state index is 11.8. The quantitative estimate of drug-likeness (QED) is 0.523. The number of hydrogen-bond donors (Lipinski definition) is 1. The fraction of sp³-hybridized carbons (Fsp3) is 0.375. The second-order valence-electron chi connectivity index (χ2n) is 5.40. The molecule has 7 nitrogen and oxygen atoms in total. The predicted molar refractivity (Wildman–Crippen MR) is 82.9 cm³/mol. The number of carbonyl (C=O) groups is 2. The van der Waals surface area contributed by atoms with Gasteiger partial charge in [-0.25, -0.2) is 4.79 Å².